The maximum Gasteiger partial charge on any atom is 0.161 e. The van der Waals surface area contributed by atoms with Crippen LogP contribution in [0, 0.1) is 5.41 Å². The van der Waals surface area contributed by atoms with Gasteiger partial charge in [0.2, 0.25) is 0 Å². The third-order valence-corrected chi connectivity index (χ3v) is 5.99. The lowest BCUT2D eigenvalue weighted by molar-refractivity contribution is 0.191. The van der Waals surface area contributed by atoms with Crippen molar-refractivity contribution < 1.29 is 0 Å². The molecule has 4 nitrogen and oxygen atoms in total. The van der Waals surface area contributed by atoms with Crippen molar-refractivity contribution in [2.45, 2.75) is 45.7 Å². The summed E-state index contributed by atoms with van der Waals surface area (Å²) in [4.78, 5) is 13.8. The summed E-state index contributed by atoms with van der Waals surface area (Å²) in [5, 5.41) is 0. The van der Waals surface area contributed by atoms with E-state index in [1.54, 1.807) is 6.33 Å². The molecule has 0 radical (unpaired) electrons. The molecule has 0 spiro atoms. The zero-order valence-corrected chi connectivity index (χ0v) is 14.2. The monoisotopic (exact) mass is 308 g/mol. The van der Waals surface area contributed by atoms with E-state index in [-0.39, 0.29) is 5.41 Å². The standard InChI is InChI=1S/C19H24N4/c1-4-19(5-2)11-10-14-8-6-7-9-15(14)23-17-16(12-20-13-21-17)22(3)18(19)23/h6-9,12-13,18H,4-5,10-11H2,1-3H3. The first-order valence-electron chi connectivity index (χ1n) is 8.62. The molecule has 1 aromatic heterocycles. The second kappa shape index (κ2) is 5.22. The first-order valence-corrected chi connectivity index (χ1v) is 8.62. The van der Waals surface area contributed by atoms with Crippen molar-refractivity contribution in [3.8, 4) is 0 Å². The minimum absolute atomic E-state index is 0.258. The molecule has 0 saturated heterocycles. The molecule has 0 saturated carbocycles. The molecule has 120 valence electrons. The van der Waals surface area contributed by atoms with Crippen molar-refractivity contribution in [3.63, 3.8) is 0 Å². The van der Waals surface area contributed by atoms with Gasteiger partial charge in [0.1, 0.15) is 18.2 Å². The van der Waals surface area contributed by atoms with Gasteiger partial charge in [0, 0.05) is 18.2 Å². The number of aryl methyl sites for hydroxylation is 1. The Morgan fingerprint density at radius 2 is 1.96 bits per heavy atom. The molecule has 3 heterocycles. The van der Waals surface area contributed by atoms with E-state index >= 15 is 0 Å². The summed E-state index contributed by atoms with van der Waals surface area (Å²) in [5.41, 5.74) is 4.14. The Morgan fingerprint density at radius 1 is 1.17 bits per heavy atom. The van der Waals surface area contributed by atoms with E-state index in [9.17, 15) is 0 Å². The van der Waals surface area contributed by atoms with Crippen LogP contribution in [0.2, 0.25) is 0 Å². The highest BCUT2D eigenvalue weighted by Gasteiger charge is 2.49. The van der Waals surface area contributed by atoms with E-state index in [4.69, 9.17) is 0 Å². The highest BCUT2D eigenvalue weighted by atomic mass is 15.4. The highest BCUT2D eigenvalue weighted by molar-refractivity contribution is 5.81. The number of hydrogen-bond donors (Lipinski definition) is 0. The fourth-order valence-corrected chi connectivity index (χ4v) is 4.54. The Hall–Kier alpha value is -2.10. The van der Waals surface area contributed by atoms with Crippen LogP contribution in [0.15, 0.2) is 36.8 Å². The topological polar surface area (TPSA) is 32.3 Å². The molecule has 2 aliphatic heterocycles. The highest BCUT2D eigenvalue weighted by Crippen LogP contribution is 2.53. The molecule has 0 aliphatic carbocycles. The molecule has 1 unspecified atom stereocenters. The molecular weight excluding hydrogens is 284 g/mol. The minimum atomic E-state index is 0.258. The molecule has 2 aromatic rings. The fraction of sp³-hybridized carbons (Fsp3) is 0.474. The number of nitrogens with zero attached hydrogens (tertiary/aromatic N) is 4. The first-order chi connectivity index (χ1) is 11.2. The molecule has 23 heavy (non-hydrogen) atoms. The Balaban J connectivity index is 1.98. The number of fused-ring (bicyclic) bond motifs is 5. The van der Waals surface area contributed by atoms with Crippen LogP contribution in [0.5, 0.6) is 0 Å². The summed E-state index contributed by atoms with van der Waals surface area (Å²) in [6.45, 7) is 4.67. The van der Waals surface area contributed by atoms with Crippen LogP contribution in [-0.4, -0.2) is 23.2 Å². The Kier molecular flexibility index (Phi) is 3.29. The van der Waals surface area contributed by atoms with Crippen LogP contribution >= 0.6 is 0 Å². The van der Waals surface area contributed by atoms with Crippen LogP contribution in [0.1, 0.15) is 38.7 Å². The van der Waals surface area contributed by atoms with Crippen LogP contribution in [0.25, 0.3) is 0 Å². The summed E-state index contributed by atoms with van der Waals surface area (Å²) < 4.78 is 0. The maximum absolute atomic E-state index is 4.64. The van der Waals surface area contributed by atoms with Crippen molar-refractivity contribution in [2.75, 3.05) is 16.8 Å². The Bertz CT molecular complexity index is 723. The van der Waals surface area contributed by atoms with Gasteiger partial charge in [0.15, 0.2) is 5.82 Å². The second-order valence-electron chi connectivity index (χ2n) is 6.78. The van der Waals surface area contributed by atoms with E-state index in [1.807, 2.05) is 6.20 Å². The van der Waals surface area contributed by atoms with Crippen LogP contribution in [0.3, 0.4) is 0 Å². The van der Waals surface area contributed by atoms with Gasteiger partial charge >= 0.3 is 0 Å². The number of anilines is 3. The lowest BCUT2D eigenvalue weighted by atomic mass is 9.75. The van der Waals surface area contributed by atoms with Crippen LogP contribution in [0.4, 0.5) is 17.2 Å². The summed E-state index contributed by atoms with van der Waals surface area (Å²) >= 11 is 0. The fourth-order valence-electron chi connectivity index (χ4n) is 4.54. The van der Waals surface area contributed by atoms with Crippen molar-refractivity contribution in [1.82, 2.24) is 9.97 Å². The van der Waals surface area contributed by atoms with Gasteiger partial charge in [-0.3, -0.25) is 0 Å². The molecule has 4 heteroatoms. The number of rotatable bonds is 2. The molecule has 1 atom stereocenters. The van der Waals surface area contributed by atoms with Crippen molar-refractivity contribution >= 4 is 17.2 Å². The summed E-state index contributed by atoms with van der Waals surface area (Å²) in [6.07, 6.45) is 8.63. The number of para-hydroxylation sites is 1. The van der Waals surface area contributed by atoms with E-state index in [1.165, 1.54) is 30.5 Å². The zero-order chi connectivity index (χ0) is 16.0. The van der Waals surface area contributed by atoms with E-state index in [0.29, 0.717) is 6.17 Å². The number of benzene rings is 1. The molecule has 1 aromatic carbocycles. The average Bonchev–Trinajstić information content (AvgIpc) is 2.82. The second-order valence-corrected chi connectivity index (χ2v) is 6.78. The number of hydrogen-bond acceptors (Lipinski definition) is 4. The normalized spacial score (nSPS) is 21.4. The molecule has 2 aliphatic rings. The molecule has 0 N–H and O–H groups in total. The van der Waals surface area contributed by atoms with Gasteiger partial charge in [0.25, 0.3) is 0 Å². The van der Waals surface area contributed by atoms with Crippen LogP contribution < -0.4 is 9.80 Å². The van der Waals surface area contributed by atoms with Crippen molar-refractivity contribution in [3.05, 3.63) is 42.4 Å². The predicted octanol–water partition coefficient (Wildman–Crippen LogP) is 4.14. The van der Waals surface area contributed by atoms with Gasteiger partial charge in [-0.1, -0.05) is 32.0 Å². The van der Waals surface area contributed by atoms with Gasteiger partial charge in [-0.05, 0) is 37.3 Å². The molecule has 0 fully saturated rings. The van der Waals surface area contributed by atoms with Gasteiger partial charge < -0.3 is 9.80 Å². The van der Waals surface area contributed by atoms with E-state index in [2.05, 4.69) is 64.9 Å². The summed E-state index contributed by atoms with van der Waals surface area (Å²) in [5.74, 6) is 1.05. The lowest BCUT2D eigenvalue weighted by Gasteiger charge is -2.44. The molecule has 4 rings (SSSR count). The van der Waals surface area contributed by atoms with Crippen LogP contribution in [-0.2, 0) is 6.42 Å². The SMILES string of the molecule is CCC1(CC)CCc2ccccc2N2c3ncncc3N(C)C21. The average molecular weight is 308 g/mol. The smallest absolute Gasteiger partial charge is 0.161 e. The Labute approximate surface area is 138 Å². The van der Waals surface area contributed by atoms with Gasteiger partial charge in [-0.25, -0.2) is 9.97 Å². The van der Waals surface area contributed by atoms with Gasteiger partial charge in [0.05, 0.1) is 6.20 Å². The zero-order valence-electron chi connectivity index (χ0n) is 14.2. The van der Waals surface area contributed by atoms with Crippen molar-refractivity contribution in [1.29, 1.82) is 0 Å². The molecule has 0 bridgehead atoms. The molecular formula is C19H24N4. The summed E-state index contributed by atoms with van der Waals surface area (Å²) in [7, 11) is 2.20. The first kappa shape index (κ1) is 14.5. The van der Waals surface area contributed by atoms with Crippen molar-refractivity contribution in [2.24, 2.45) is 5.41 Å². The Morgan fingerprint density at radius 3 is 2.74 bits per heavy atom. The maximum atomic E-state index is 4.64. The largest absolute Gasteiger partial charge is 0.349 e. The number of aromatic nitrogens is 2. The van der Waals surface area contributed by atoms with Gasteiger partial charge in [-0.2, -0.15) is 0 Å². The van der Waals surface area contributed by atoms with Gasteiger partial charge in [-0.15, -0.1) is 0 Å². The quantitative estimate of drug-likeness (QED) is 0.834. The van der Waals surface area contributed by atoms with E-state index < -0.39 is 0 Å². The minimum Gasteiger partial charge on any atom is -0.349 e. The lowest BCUT2D eigenvalue weighted by Crippen LogP contribution is -2.51. The predicted molar refractivity (Wildman–Crippen MR) is 94.1 cm³/mol. The third kappa shape index (κ3) is 1.90. The van der Waals surface area contributed by atoms with E-state index in [0.717, 1.165) is 17.9 Å². The molecule has 0 amide bonds. The summed E-state index contributed by atoms with van der Waals surface area (Å²) in [6, 6.07) is 8.81. The third-order valence-electron chi connectivity index (χ3n) is 5.99.